The number of alkyl halides is 3. The van der Waals surface area contributed by atoms with Gasteiger partial charge in [-0.15, -0.1) is 13.2 Å². The molecule has 0 radical (unpaired) electrons. The second-order valence-electron chi connectivity index (χ2n) is 9.65. The number of halogens is 3. The van der Waals surface area contributed by atoms with Crippen molar-refractivity contribution >= 4 is 28.6 Å². The number of hydrogen-bond donors (Lipinski definition) is 4. The molecule has 1 aliphatic heterocycles. The molecule has 1 fully saturated rings. The topological polar surface area (TPSA) is 123 Å². The normalized spacial score (nSPS) is 16.4. The summed E-state index contributed by atoms with van der Waals surface area (Å²) in [6, 6.07) is 7.85. The molecule has 0 spiro atoms. The first-order valence-electron chi connectivity index (χ1n) is 12.5. The summed E-state index contributed by atoms with van der Waals surface area (Å²) in [6.45, 7) is 5.64. The first kappa shape index (κ1) is 28.5. The summed E-state index contributed by atoms with van der Waals surface area (Å²) in [5, 5.41) is 12.3. The first-order chi connectivity index (χ1) is 17.5. The van der Waals surface area contributed by atoms with Gasteiger partial charge in [0.05, 0.1) is 6.61 Å². The van der Waals surface area contributed by atoms with Gasteiger partial charge in [-0.25, -0.2) is 0 Å². The molecule has 1 amide bonds. The molecule has 1 aliphatic rings. The highest BCUT2D eigenvalue weighted by Gasteiger charge is 2.29. The van der Waals surface area contributed by atoms with E-state index in [0.29, 0.717) is 38.5 Å². The number of hydrogen-bond acceptors (Lipinski definition) is 4. The largest absolute Gasteiger partial charge is 0.522 e. The van der Waals surface area contributed by atoms with Crippen LogP contribution in [-0.2, 0) is 16.0 Å². The van der Waals surface area contributed by atoms with Gasteiger partial charge in [0.2, 0.25) is 5.96 Å². The number of aliphatic imine (C=N–C) groups is 1. The Morgan fingerprint density at radius 1 is 1.22 bits per heavy atom. The van der Waals surface area contributed by atoms with Crippen LogP contribution in [0.25, 0.3) is 10.9 Å². The van der Waals surface area contributed by atoms with E-state index in [1.807, 2.05) is 35.4 Å². The Bertz CT molecular complexity index is 1080. The Hall–Kier alpha value is -3.12. The third kappa shape index (κ3) is 9.04. The lowest BCUT2D eigenvalue weighted by Gasteiger charge is -2.34. The minimum absolute atomic E-state index is 0.142. The van der Waals surface area contributed by atoms with E-state index in [2.05, 4.69) is 33.9 Å². The Labute approximate surface area is 214 Å². The standard InChI is InChI=1S/C25H36F3N7O2/c1-17(2)7-8-19(15-18-16-31-21-6-4-3-5-20(18)21)32-23(36)22(29)33-24(30)35-11-9-34(10-12-35)13-14-37-25(26,27)28/h3-6,16-17,19,31H,7-15H2,1-2H3,(H,32,36)(H3,29,30,33). The maximum Gasteiger partial charge on any atom is 0.522 e. The molecule has 2 heterocycles. The summed E-state index contributed by atoms with van der Waals surface area (Å²) in [5.74, 6) is -0.491. The zero-order chi connectivity index (χ0) is 27.0. The molecule has 2 aromatic rings. The average molecular weight is 524 g/mol. The van der Waals surface area contributed by atoms with E-state index in [1.165, 1.54) is 0 Å². The predicted molar refractivity (Wildman–Crippen MR) is 137 cm³/mol. The Balaban J connectivity index is 1.54. The Morgan fingerprint density at radius 3 is 2.59 bits per heavy atom. The number of carbonyl (C=O) groups is 1. The smallest absolute Gasteiger partial charge is 0.379 e. The van der Waals surface area contributed by atoms with Gasteiger partial charge in [0.25, 0.3) is 5.91 Å². The summed E-state index contributed by atoms with van der Waals surface area (Å²) in [5.41, 5.74) is 8.10. The molecule has 1 atom stereocenters. The number of nitrogens with one attached hydrogen (secondary N) is 3. The van der Waals surface area contributed by atoms with Gasteiger partial charge in [-0.3, -0.25) is 19.8 Å². The fourth-order valence-corrected chi connectivity index (χ4v) is 4.29. The van der Waals surface area contributed by atoms with E-state index in [9.17, 15) is 18.0 Å². The lowest BCUT2D eigenvalue weighted by molar-refractivity contribution is -0.325. The minimum atomic E-state index is -4.64. The van der Waals surface area contributed by atoms with Gasteiger partial charge in [0.15, 0.2) is 5.84 Å². The summed E-state index contributed by atoms with van der Waals surface area (Å²) < 4.78 is 40.2. The van der Waals surface area contributed by atoms with Crippen molar-refractivity contribution in [3.8, 4) is 0 Å². The molecule has 1 aromatic heterocycles. The van der Waals surface area contributed by atoms with Gasteiger partial charge in [-0.2, -0.15) is 4.99 Å². The molecule has 204 valence electrons. The van der Waals surface area contributed by atoms with E-state index in [-0.39, 0.29) is 24.4 Å². The molecular formula is C25H36F3N7O2. The summed E-state index contributed by atoms with van der Waals surface area (Å²) >= 11 is 0. The molecule has 1 aromatic carbocycles. The number of benzene rings is 1. The molecule has 1 unspecified atom stereocenters. The third-order valence-electron chi connectivity index (χ3n) is 6.37. The van der Waals surface area contributed by atoms with Crippen molar-refractivity contribution in [3.05, 3.63) is 36.0 Å². The average Bonchev–Trinajstić information content (AvgIpc) is 3.24. The van der Waals surface area contributed by atoms with Crippen LogP contribution >= 0.6 is 0 Å². The van der Waals surface area contributed by atoms with E-state index in [4.69, 9.17) is 11.1 Å². The molecule has 1 saturated heterocycles. The second-order valence-corrected chi connectivity index (χ2v) is 9.65. The number of H-pyrrole nitrogens is 1. The van der Waals surface area contributed by atoms with Gasteiger partial charge in [-0.1, -0.05) is 32.0 Å². The molecule has 37 heavy (non-hydrogen) atoms. The number of aromatic amines is 1. The number of carbonyl (C=O) groups excluding carboxylic acids is 1. The number of piperazine rings is 1. The number of aromatic nitrogens is 1. The highest BCUT2D eigenvalue weighted by atomic mass is 19.4. The van der Waals surface area contributed by atoms with Crippen LogP contribution in [0.15, 0.2) is 35.5 Å². The maximum atomic E-state index is 12.9. The van der Waals surface area contributed by atoms with Crippen LogP contribution in [0.2, 0.25) is 0 Å². The molecule has 5 N–H and O–H groups in total. The maximum absolute atomic E-state index is 12.9. The van der Waals surface area contributed by atoms with Crippen LogP contribution in [0.5, 0.6) is 0 Å². The highest BCUT2D eigenvalue weighted by Crippen LogP contribution is 2.21. The third-order valence-corrected chi connectivity index (χ3v) is 6.37. The number of amides is 1. The molecule has 0 bridgehead atoms. The first-order valence-corrected chi connectivity index (χ1v) is 12.5. The van der Waals surface area contributed by atoms with Crippen LogP contribution in [0, 0.1) is 11.3 Å². The zero-order valence-electron chi connectivity index (χ0n) is 21.3. The molecule has 0 saturated carbocycles. The molecule has 12 heteroatoms. The fourth-order valence-electron chi connectivity index (χ4n) is 4.29. The summed E-state index contributed by atoms with van der Waals surface area (Å²) in [6.07, 6.45) is -0.347. The van der Waals surface area contributed by atoms with Crippen molar-refractivity contribution in [3.63, 3.8) is 0 Å². The van der Waals surface area contributed by atoms with E-state index in [1.54, 1.807) is 4.90 Å². The van der Waals surface area contributed by atoms with Crippen LogP contribution in [0.1, 0.15) is 32.3 Å². The fraction of sp³-hybridized carbons (Fsp3) is 0.560. The number of rotatable bonds is 9. The van der Waals surface area contributed by atoms with E-state index < -0.39 is 18.9 Å². The van der Waals surface area contributed by atoms with Crippen molar-refractivity contribution < 1.29 is 22.7 Å². The van der Waals surface area contributed by atoms with Gasteiger partial charge in [0, 0.05) is 55.9 Å². The van der Waals surface area contributed by atoms with Gasteiger partial charge in [-0.05, 0) is 36.8 Å². The summed E-state index contributed by atoms with van der Waals surface area (Å²) in [7, 11) is 0. The summed E-state index contributed by atoms with van der Waals surface area (Å²) in [4.78, 5) is 23.6. The van der Waals surface area contributed by atoms with Gasteiger partial charge < -0.3 is 20.9 Å². The second kappa shape index (κ2) is 12.9. The number of ether oxygens (including phenoxy) is 1. The molecule has 3 rings (SSSR count). The van der Waals surface area contributed by atoms with Crippen LogP contribution < -0.4 is 11.1 Å². The lowest BCUT2D eigenvalue weighted by Crippen LogP contribution is -2.50. The van der Waals surface area contributed by atoms with Crippen LogP contribution in [0.3, 0.4) is 0 Å². The molecule has 0 aliphatic carbocycles. The van der Waals surface area contributed by atoms with Gasteiger partial charge in [0.1, 0.15) is 0 Å². The SMILES string of the molecule is CC(C)CCC(Cc1c[nH]c2ccccc12)NC(=O)C(N)=NC(=N)N1CCN(CCOC(F)(F)F)CC1. The minimum Gasteiger partial charge on any atom is -0.379 e. The lowest BCUT2D eigenvalue weighted by atomic mass is 9.97. The monoisotopic (exact) mass is 523 g/mol. The number of nitrogens with two attached hydrogens (primary N) is 1. The van der Waals surface area contributed by atoms with Crippen molar-refractivity contribution in [2.75, 3.05) is 39.3 Å². The molecule has 9 nitrogen and oxygen atoms in total. The van der Waals surface area contributed by atoms with E-state index >= 15 is 0 Å². The van der Waals surface area contributed by atoms with Crippen molar-refractivity contribution in [2.24, 2.45) is 16.6 Å². The Kier molecular flexibility index (Phi) is 9.93. The number of fused-ring (bicyclic) bond motifs is 1. The quantitative estimate of drug-likeness (QED) is 0.297. The number of amidine groups is 1. The highest BCUT2D eigenvalue weighted by molar-refractivity contribution is 6.38. The predicted octanol–water partition coefficient (Wildman–Crippen LogP) is 3.08. The number of guanidine groups is 1. The van der Waals surface area contributed by atoms with Crippen LogP contribution in [0.4, 0.5) is 13.2 Å². The van der Waals surface area contributed by atoms with Crippen molar-refractivity contribution in [2.45, 2.75) is 45.5 Å². The van der Waals surface area contributed by atoms with Gasteiger partial charge >= 0.3 is 6.36 Å². The zero-order valence-corrected chi connectivity index (χ0v) is 21.3. The molecular weight excluding hydrogens is 487 g/mol. The van der Waals surface area contributed by atoms with Crippen molar-refractivity contribution in [1.82, 2.24) is 20.1 Å². The van der Waals surface area contributed by atoms with Crippen molar-refractivity contribution in [1.29, 1.82) is 5.41 Å². The van der Waals surface area contributed by atoms with E-state index in [0.717, 1.165) is 29.3 Å². The van der Waals surface area contributed by atoms with Crippen LogP contribution in [-0.4, -0.2) is 84.2 Å². The Morgan fingerprint density at radius 2 is 1.92 bits per heavy atom. The number of nitrogens with zero attached hydrogens (tertiary/aromatic N) is 3. The number of para-hydroxylation sites is 1.